The Kier molecular flexibility index (Phi) is 3.93. The van der Waals surface area contributed by atoms with Crippen LogP contribution < -0.4 is 4.74 Å². The van der Waals surface area contributed by atoms with Gasteiger partial charge in [-0.1, -0.05) is 11.6 Å². The van der Waals surface area contributed by atoms with Crippen molar-refractivity contribution >= 4 is 23.1 Å². The Morgan fingerprint density at radius 2 is 2.11 bits per heavy atom. The first-order valence-electron chi connectivity index (χ1n) is 4.88. The fourth-order valence-electron chi connectivity index (χ4n) is 1.28. The molecule has 4 nitrogen and oxygen atoms in total. The van der Waals surface area contributed by atoms with Gasteiger partial charge < -0.3 is 9.84 Å². The molecule has 2 aromatic rings. The average molecular weight is 311 g/mol. The van der Waals surface area contributed by atoms with Crippen molar-refractivity contribution < 1.29 is 23.0 Å². The SMILES string of the molecule is OCc1nc(-c2ccc(OC(F)(F)F)c(Cl)c2)ns1. The minimum Gasteiger partial charge on any atom is -0.404 e. The molecule has 0 saturated carbocycles. The molecule has 1 aromatic heterocycles. The highest BCUT2D eigenvalue weighted by Gasteiger charge is 2.32. The van der Waals surface area contributed by atoms with Gasteiger partial charge in [0.25, 0.3) is 0 Å². The first-order chi connectivity index (χ1) is 8.89. The molecule has 1 heterocycles. The van der Waals surface area contributed by atoms with E-state index in [4.69, 9.17) is 16.7 Å². The summed E-state index contributed by atoms with van der Waals surface area (Å²) in [6.07, 6.45) is -4.80. The number of aliphatic hydroxyl groups is 1. The molecule has 0 spiro atoms. The summed E-state index contributed by atoms with van der Waals surface area (Å²) in [5.41, 5.74) is 0.440. The molecule has 0 bridgehead atoms. The Morgan fingerprint density at radius 1 is 1.37 bits per heavy atom. The highest BCUT2D eigenvalue weighted by Crippen LogP contribution is 2.33. The molecule has 1 aromatic carbocycles. The van der Waals surface area contributed by atoms with Gasteiger partial charge in [-0.2, -0.15) is 4.37 Å². The molecule has 0 atom stereocenters. The maximum absolute atomic E-state index is 12.1. The molecule has 2 rings (SSSR count). The van der Waals surface area contributed by atoms with Crippen LogP contribution in [0, 0.1) is 0 Å². The number of halogens is 4. The molecule has 0 aliphatic carbocycles. The van der Waals surface area contributed by atoms with Crippen LogP contribution in [0.4, 0.5) is 13.2 Å². The number of alkyl halides is 3. The number of aliphatic hydroxyl groups excluding tert-OH is 1. The second-order valence-electron chi connectivity index (χ2n) is 3.36. The van der Waals surface area contributed by atoms with Crippen molar-refractivity contribution in [3.8, 4) is 17.1 Å². The first-order valence-corrected chi connectivity index (χ1v) is 6.03. The predicted octanol–water partition coefficient (Wildman–Crippen LogP) is 3.25. The fourth-order valence-corrected chi connectivity index (χ4v) is 2.03. The van der Waals surface area contributed by atoms with E-state index in [0.717, 1.165) is 17.6 Å². The van der Waals surface area contributed by atoms with Crippen LogP contribution >= 0.6 is 23.1 Å². The Morgan fingerprint density at radius 3 is 2.63 bits per heavy atom. The van der Waals surface area contributed by atoms with Crippen LogP contribution in [-0.2, 0) is 6.61 Å². The van der Waals surface area contributed by atoms with E-state index in [1.807, 2.05) is 0 Å². The molecule has 0 saturated heterocycles. The van der Waals surface area contributed by atoms with Crippen LogP contribution in [0.15, 0.2) is 18.2 Å². The summed E-state index contributed by atoms with van der Waals surface area (Å²) < 4.78 is 43.9. The number of ether oxygens (including phenoxy) is 1. The topological polar surface area (TPSA) is 55.2 Å². The van der Waals surface area contributed by atoms with Crippen LogP contribution in [0.3, 0.4) is 0 Å². The van der Waals surface area contributed by atoms with E-state index < -0.39 is 12.1 Å². The number of nitrogens with zero attached hydrogens (tertiary/aromatic N) is 2. The normalized spacial score (nSPS) is 11.6. The third kappa shape index (κ3) is 3.55. The van der Waals surface area contributed by atoms with E-state index in [9.17, 15) is 13.2 Å². The second kappa shape index (κ2) is 5.32. The van der Waals surface area contributed by atoms with Crippen LogP contribution in [0.5, 0.6) is 5.75 Å². The lowest BCUT2D eigenvalue weighted by Gasteiger charge is -2.10. The lowest BCUT2D eigenvalue weighted by atomic mass is 10.2. The van der Waals surface area contributed by atoms with Crippen LogP contribution in [0.1, 0.15) is 5.01 Å². The number of benzene rings is 1. The standard InChI is InChI=1S/C10H6ClF3N2O2S/c11-6-3-5(9-15-8(4-17)19-16-9)1-2-7(6)18-10(12,13)14/h1-3,17H,4H2. The van der Waals surface area contributed by atoms with Gasteiger partial charge in [0.1, 0.15) is 10.8 Å². The summed E-state index contributed by atoms with van der Waals surface area (Å²) in [6, 6.07) is 3.72. The minimum atomic E-state index is -4.80. The van der Waals surface area contributed by atoms with E-state index >= 15 is 0 Å². The van der Waals surface area contributed by atoms with E-state index in [2.05, 4.69) is 14.1 Å². The van der Waals surface area contributed by atoms with Crippen molar-refractivity contribution in [3.05, 3.63) is 28.2 Å². The second-order valence-corrected chi connectivity index (χ2v) is 4.61. The molecule has 102 valence electrons. The summed E-state index contributed by atoms with van der Waals surface area (Å²) >= 11 is 6.70. The van der Waals surface area contributed by atoms with Crippen molar-refractivity contribution in [1.29, 1.82) is 0 Å². The van der Waals surface area contributed by atoms with Gasteiger partial charge in [-0.25, -0.2) is 4.98 Å². The molecule has 19 heavy (non-hydrogen) atoms. The highest BCUT2D eigenvalue weighted by molar-refractivity contribution is 7.05. The zero-order chi connectivity index (χ0) is 14.0. The molecule has 1 N–H and O–H groups in total. The van der Waals surface area contributed by atoms with Gasteiger partial charge in [0.2, 0.25) is 0 Å². The maximum atomic E-state index is 12.1. The molecule has 0 fully saturated rings. The van der Waals surface area contributed by atoms with E-state index in [-0.39, 0.29) is 17.5 Å². The van der Waals surface area contributed by atoms with E-state index in [1.54, 1.807) is 0 Å². The summed E-state index contributed by atoms with van der Waals surface area (Å²) in [6.45, 7) is -0.249. The van der Waals surface area contributed by atoms with Crippen molar-refractivity contribution in [2.24, 2.45) is 0 Å². The summed E-state index contributed by atoms with van der Waals surface area (Å²) in [5, 5.41) is 9.07. The Bertz CT molecular complexity index is 588. The van der Waals surface area contributed by atoms with Crippen molar-refractivity contribution in [1.82, 2.24) is 9.36 Å². The number of aromatic nitrogens is 2. The molecular formula is C10H6ClF3N2O2S. The summed E-state index contributed by atoms with van der Waals surface area (Å²) in [7, 11) is 0. The first kappa shape index (κ1) is 14.0. The average Bonchev–Trinajstić information content (AvgIpc) is 2.79. The summed E-state index contributed by atoms with van der Waals surface area (Å²) in [5.74, 6) is -0.204. The van der Waals surface area contributed by atoms with E-state index in [1.165, 1.54) is 12.1 Å². The van der Waals surface area contributed by atoms with Gasteiger partial charge in [0.05, 0.1) is 11.6 Å². The largest absolute Gasteiger partial charge is 0.573 e. The third-order valence-corrected chi connectivity index (χ3v) is 3.01. The van der Waals surface area contributed by atoms with Crippen molar-refractivity contribution in [3.63, 3.8) is 0 Å². The van der Waals surface area contributed by atoms with Gasteiger partial charge >= 0.3 is 6.36 Å². The van der Waals surface area contributed by atoms with Gasteiger partial charge in [-0.3, -0.25) is 0 Å². The van der Waals surface area contributed by atoms with Gasteiger partial charge in [0, 0.05) is 5.56 Å². The highest BCUT2D eigenvalue weighted by atomic mass is 35.5. The third-order valence-electron chi connectivity index (χ3n) is 2.02. The molecule has 0 aliphatic heterocycles. The number of hydrogen-bond acceptors (Lipinski definition) is 5. The Labute approximate surface area is 114 Å². The molecule has 0 aliphatic rings. The van der Waals surface area contributed by atoms with Gasteiger partial charge in [-0.05, 0) is 29.7 Å². The molecule has 9 heteroatoms. The predicted molar refractivity (Wildman–Crippen MR) is 63.0 cm³/mol. The lowest BCUT2D eigenvalue weighted by Crippen LogP contribution is -2.17. The number of rotatable bonds is 3. The zero-order valence-electron chi connectivity index (χ0n) is 9.11. The minimum absolute atomic E-state index is 0.199. The lowest BCUT2D eigenvalue weighted by molar-refractivity contribution is -0.274. The van der Waals surface area contributed by atoms with Crippen molar-refractivity contribution in [2.75, 3.05) is 0 Å². The molecule has 0 amide bonds. The van der Waals surface area contributed by atoms with Gasteiger partial charge in [0.15, 0.2) is 5.82 Å². The fraction of sp³-hybridized carbons (Fsp3) is 0.200. The quantitative estimate of drug-likeness (QED) is 0.945. The Balaban J connectivity index is 2.28. The van der Waals surface area contributed by atoms with Crippen molar-refractivity contribution in [2.45, 2.75) is 13.0 Å². The molecule has 0 radical (unpaired) electrons. The summed E-state index contributed by atoms with van der Waals surface area (Å²) in [4.78, 5) is 3.98. The smallest absolute Gasteiger partial charge is 0.404 e. The number of hydrogen-bond donors (Lipinski definition) is 1. The van der Waals surface area contributed by atoms with Crippen LogP contribution in [0.25, 0.3) is 11.4 Å². The van der Waals surface area contributed by atoms with E-state index in [0.29, 0.717) is 10.6 Å². The van der Waals surface area contributed by atoms with Crippen LogP contribution in [-0.4, -0.2) is 20.8 Å². The van der Waals surface area contributed by atoms with Crippen LogP contribution in [0.2, 0.25) is 5.02 Å². The molecule has 0 unspecified atom stereocenters. The molecular weight excluding hydrogens is 305 g/mol. The maximum Gasteiger partial charge on any atom is 0.573 e. The monoisotopic (exact) mass is 310 g/mol. The Hall–Kier alpha value is -1.38. The zero-order valence-corrected chi connectivity index (χ0v) is 10.7. The van der Waals surface area contributed by atoms with Gasteiger partial charge in [-0.15, -0.1) is 13.2 Å².